The molecule has 0 radical (unpaired) electrons. The van der Waals surface area contributed by atoms with Crippen molar-refractivity contribution in [2.45, 2.75) is 11.4 Å². The van der Waals surface area contributed by atoms with E-state index in [1.807, 2.05) is 0 Å². The molecular weight excluding hydrogens is 611 g/mol. The molecule has 0 atom stereocenters. The Morgan fingerprint density at radius 1 is 1.00 bits per heavy atom. The van der Waals surface area contributed by atoms with Gasteiger partial charge in [-0.15, -0.1) is 0 Å². The van der Waals surface area contributed by atoms with E-state index in [2.05, 4.69) is 32.6 Å². The third kappa shape index (κ3) is 6.35. The Morgan fingerprint density at radius 3 is 2.51 bits per heavy atom. The minimum Gasteiger partial charge on any atom is -0.454 e. The molecule has 3 aromatic carbocycles. The Balaban J connectivity index is 1.36. The lowest BCUT2D eigenvalue weighted by Crippen LogP contribution is -2.28. The lowest BCUT2D eigenvalue weighted by molar-refractivity contribution is -0.124. The summed E-state index contributed by atoms with van der Waals surface area (Å²) < 4.78 is 44.4. The Bertz CT molecular complexity index is 1380. The monoisotopic (exact) mass is 628 g/mol. The number of fused-ring (bicyclic) bond motifs is 1. The Labute approximate surface area is 219 Å². The van der Waals surface area contributed by atoms with Gasteiger partial charge in [-0.2, -0.15) is 0 Å². The van der Waals surface area contributed by atoms with E-state index in [9.17, 15) is 18.0 Å². The van der Waals surface area contributed by atoms with Gasteiger partial charge in [0.15, 0.2) is 18.1 Å². The molecule has 4 rings (SSSR count). The molecule has 3 aromatic rings. The number of carbonyl (C=O) groups excluding carboxylic acids is 2. The zero-order valence-corrected chi connectivity index (χ0v) is 21.6. The summed E-state index contributed by atoms with van der Waals surface area (Å²) in [5.41, 5.74) is 0.958. The molecule has 0 unspecified atom stereocenters. The van der Waals surface area contributed by atoms with Crippen LogP contribution in [-0.2, 0) is 26.1 Å². The maximum atomic E-state index is 12.7. The summed E-state index contributed by atoms with van der Waals surface area (Å²) in [6.07, 6.45) is 0. The molecular formula is C23H18ClIN2O7S. The Hall–Kier alpha value is -3.03. The van der Waals surface area contributed by atoms with Crippen molar-refractivity contribution in [1.29, 1.82) is 0 Å². The van der Waals surface area contributed by atoms with Gasteiger partial charge in [0.1, 0.15) is 0 Å². The zero-order valence-electron chi connectivity index (χ0n) is 17.9. The molecule has 35 heavy (non-hydrogen) atoms. The highest BCUT2D eigenvalue weighted by atomic mass is 127. The van der Waals surface area contributed by atoms with E-state index in [0.29, 0.717) is 17.2 Å². The quantitative estimate of drug-likeness (QED) is 0.286. The third-order valence-corrected chi connectivity index (χ3v) is 7.25. The number of anilines is 1. The summed E-state index contributed by atoms with van der Waals surface area (Å²) in [5.74, 6) is -0.260. The van der Waals surface area contributed by atoms with Crippen LogP contribution in [0.5, 0.6) is 11.5 Å². The average Bonchev–Trinajstić information content (AvgIpc) is 3.30. The lowest BCUT2D eigenvalue weighted by atomic mass is 10.2. The van der Waals surface area contributed by atoms with Gasteiger partial charge in [0, 0.05) is 15.8 Å². The summed E-state index contributed by atoms with van der Waals surface area (Å²) in [7, 11) is -3.99. The molecule has 182 valence electrons. The first-order valence-corrected chi connectivity index (χ1v) is 13.1. The molecule has 0 bridgehead atoms. The molecule has 0 saturated carbocycles. The highest BCUT2D eigenvalue weighted by Crippen LogP contribution is 2.32. The minimum atomic E-state index is -3.99. The fourth-order valence-electron chi connectivity index (χ4n) is 3.07. The van der Waals surface area contributed by atoms with Gasteiger partial charge in [0.05, 0.1) is 15.5 Å². The van der Waals surface area contributed by atoms with Crippen LogP contribution in [0.4, 0.5) is 5.69 Å². The van der Waals surface area contributed by atoms with Gasteiger partial charge in [-0.25, -0.2) is 13.2 Å². The van der Waals surface area contributed by atoms with Gasteiger partial charge in [0.25, 0.3) is 15.9 Å². The highest BCUT2D eigenvalue weighted by Gasteiger charge is 2.21. The fraction of sp³-hybridized carbons (Fsp3) is 0.130. The van der Waals surface area contributed by atoms with Gasteiger partial charge < -0.3 is 19.5 Å². The number of halogens is 2. The predicted molar refractivity (Wildman–Crippen MR) is 136 cm³/mol. The summed E-state index contributed by atoms with van der Waals surface area (Å²) in [4.78, 5) is 24.5. The van der Waals surface area contributed by atoms with E-state index < -0.39 is 28.5 Å². The van der Waals surface area contributed by atoms with Gasteiger partial charge in [-0.3, -0.25) is 9.52 Å². The van der Waals surface area contributed by atoms with E-state index >= 15 is 0 Å². The van der Waals surface area contributed by atoms with Crippen molar-refractivity contribution in [2.75, 3.05) is 18.1 Å². The van der Waals surface area contributed by atoms with Crippen molar-refractivity contribution in [3.63, 3.8) is 0 Å². The molecule has 12 heteroatoms. The van der Waals surface area contributed by atoms with E-state index in [1.54, 1.807) is 42.5 Å². The first-order valence-electron chi connectivity index (χ1n) is 10.1. The van der Waals surface area contributed by atoms with E-state index in [1.165, 1.54) is 12.1 Å². The second-order valence-corrected chi connectivity index (χ2v) is 10.6. The van der Waals surface area contributed by atoms with Crippen molar-refractivity contribution in [1.82, 2.24) is 5.32 Å². The molecule has 0 fully saturated rings. The maximum absolute atomic E-state index is 12.7. The number of carbonyl (C=O) groups is 2. The second kappa shape index (κ2) is 10.7. The van der Waals surface area contributed by atoms with E-state index in [0.717, 1.165) is 15.2 Å². The molecule has 1 heterocycles. The summed E-state index contributed by atoms with van der Waals surface area (Å²) in [6.45, 7) is -0.239. The SMILES string of the molecule is O=C(COC(=O)c1cc(S(=O)(=O)Nc2ccc(I)cc2)ccc1Cl)NCc1ccc2c(c1)OCO2. The Morgan fingerprint density at radius 2 is 1.74 bits per heavy atom. The molecule has 1 amide bonds. The number of ether oxygens (including phenoxy) is 3. The molecule has 1 aliphatic rings. The van der Waals surface area contributed by atoms with Crippen molar-refractivity contribution < 1.29 is 32.2 Å². The number of rotatable bonds is 8. The normalized spacial score (nSPS) is 12.2. The van der Waals surface area contributed by atoms with Crippen LogP contribution >= 0.6 is 34.2 Å². The van der Waals surface area contributed by atoms with Crippen molar-refractivity contribution in [3.8, 4) is 11.5 Å². The van der Waals surface area contributed by atoms with E-state index in [-0.39, 0.29) is 28.8 Å². The smallest absolute Gasteiger partial charge is 0.340 e. The van der Waals surface area contributed by atoms with E-state index in [4.69, 9.17) is 25.8 Å². The largest absolute Gasteiger partial charge is 0.454 e. The van der Waals surface area contributed by atoms with Crippen LogP contribution in [0.1, 0.15) is 15.9 Å². The first kappa shape index (κ1) is 25.1. The van der Waals surface area contributed by atoms with Crippen LogP contribution in [0.3, 0.4) is 0 Å². The number of amides is 1. The molecule has 0 aromatic heterocycles. The number of sulfonamides is 1. The van der Waals surface area contributed by atoms with Gasteiger partial charge >= 0.3 is 5.97 Å². The molecule has 1 aliphatic heterocycles. The Kier molecular flexibility index (Phi) is 7.67. The number of esters is 1. The van der Waals surface area contributed by atoms with Crippen LogP contribution in [-0.4, -0.2) is 33.7 Å². The molecule has 0 aliphatic carbocycles. The van der Waals surface area contributed by atoms with Crippen LogP contribution in [0.15, 0.2) is 65.6 Å². The van der Waals surface area contributed by atoms with Crippen molar-refractivity contribution in [3.05, 3.63) is 80.4 Å². The summed E-state index contributed by atoms with van der Waals surface area (Å²) >= 11 is 8.19. The maximum Gasteiger partial charge on any atom is 0.340 e. The van der Waals surface area contributed by atoms with Gasteiger partial charge in [-0.05, 0) is 82.8 Å². The number of hydrogen-bond donors (Lipinski definition) is 2. The standard InChI is InChI=1S/C23H18ClIN2O7S/c24-19-7-6-17(35(30,31)27-16-4-2-15(25)3-5-16)10-18(19)23(29)32-12-22(28)26-11-14-1-8-20-21(9-14)34-13-33-20/h1-10,27H,11-13H2,(H,26,28). The molecule has 9 nitrogen and oxygen atoms in total. The van der Waals surface area contributed by atoms with Crippen LogP contribution in [0, 0.1) is 3.57 Å². The first-order chi connectivity index (χ1) is 16.7. The summed E-state index contributed by atoms with van der Waals surface area (Å²) in [5, 5.41) is 2.62. The predicted octanol–water partition coefficient (Wildman–Crippen LogP) is 3.95. The number of hydrogen-bond acceptors (Lipinski definition) is 7. The minimum absolute atomic E-state index is 0.0102. The van der Waals surface area contributed by atoms with Crippen molar-refractivity contribution >= 4 is 61.8 Å². The highest BCUT2D eigenvalue weighted by molar-refractivity contribution is 14.1. The number of benzene rings is 3. The molecule has 2 N–H and O–H groups in total. The third-order valence-electron chi connectivity index (χ3n) is 4.83. The molecule has 0 spiro atoms. The second-order valence-electron chi connectivity index (χ2n) is 7.29. The van der Waals surface area contributed by atoms with Crippen LogP contribution < -0.4 is 19.5 Å². The fourth-order valence-corrected chi connectivity index (χ4v) is 4.71. The lowest BCUT2D eigenvalue weighted by Gasteiger charge is -2.11. The van der Waals surface area contributed by atoms with Crippen LogP contribution in [0.25, 0.3) is 0 Å². The molecule has 0 saturated heterocycles. The average molecular weight is 629 g/mol. The van der Waals surface area contributed by atoms with Crippen molar-refractivity contribution in [2.24, 2.45) is 0 Å². The van der Waals surface area contributed by atoms with Crippen LogP contribution in [0.2, 0.25) is 5.02 Å². The number of nitrogens with one attached hydrogen (secondary N) is 2. The van der Waals surface area contributed by atoms with Gasteiger partial charge in [0.2, 0.25) is 6.79 Å². The van der Waals surface area contributed by atoms with Gasteiger partial charge in [-0.1, -0.05) is 17.7 Å². The zero-order chi connectivity index (χ0) is 25.0. The topological polar surface area (TPSA) is 120 Å². The summed E-state index contributed by atoms with van der Waals surface area (Å²) in [6, 6.07) is 15.6.